The van der Waals surface area contributed by atoms with E-state index in [9.17, 15) is 4.79 Å². The van der Waals surface area contributed by atoms with Gasteiger partial charge in [-0.1, -0.05) is 22.9 Å². The van der Waals surface area contributed by atoms with Crippen LogP contribution in [0.25, 0.3) is 0 Å². The van der Waals surface area contributed by atoms with Crippen LogP contribution in [-0.2, 0) is 4.79 Å². The Labute approximate surface area is 111 Å². The van der Waals surface area contributed by atoms with E-state index >= 15 is 0 Å². The number of carbonyl (C=O) groups is 1. The largest absolute Gasteiger partial charge is 0.325 e. The zero-order chi connectivity index (χ0) is 12.8. The quantitative estimate of drug-likeness (QED) is 0.821. The van der Waals surface area contributed by atoms with Crippen molar-refractivity contribution in [2.75, 3.05) is 18.4 Å². The average molecular weight is 299 g/mol. The fourth-order valence-corrected chi connectivity index (χ4v) is 1.83. The SMILES string of the molecule is CCCNCC(=O)Nc1cc(C)c(Br)c(C)c1. The minimum atomic E-state index is -0.000396. The summed E-state index contributed by atoms with van der Waals surface area (Å²) in [6.45, 7) is 7.34. The number of hydrogen-bond acceptors (Lipinski definition) is 2. The molecule has 0 heterocycles. The number of rotatable bonds is 5. The molecule has 0 spiro atoms. The first-order chi connectivity index (χ1) is 8.04. The summed E-state index contributed by atoms with van der Waals surface area (Å²) in [5.74, 6) is -0.000396. The van der Waals surface area contributed by atoms with Crippen LogP contribution in [0.3, 0.4) is 0 Å². The predicted octanol–water partition coefficient (Wildman–Crippen LogP) is 3.00. The van der Waals surface area contributed by atoms with E-state index in [4.69, 9.17) is 0 Å². The molecule has 4 heteroatoms. The molecule has 1 amide bonds. The van der Waals surface area contributed by atoms with Crippen molar-refractivity contribution in [1.29, 1.82) is 0 Å². The summed E-state index contributed by atoms with van der Waals surface area (Å²) in [5.41, 5.74) is 3.11. The molecule has 0 radical (unpaired) electrons. The fourth-order valence-electron chi connectivity index (χ4n) is 1.60. The maximum atomic E-state index is 11.6. The lowest BCUT2D eigenvalue weighted by Gasteiger charge is -2.10. The van der Waals surface area contributed by atoms with Crippen molar-refractivity contribution < 1.29 is 4.79 Å². The summed E-state index contributed by atoms with van der Waals surface area (Å²) in [4.78, 5) is 11.6. The van der Waals surface area contributed by atoms with Gasteiger partial charge in [0.25, 0.3) is 0 Å². The van der Waals surface area contributed by atoms with Crippen LogP contribution in [0.4, 0.5) is 5.69 Å². The molecule has 94 valence electrons. The van der Waals surface area contributed by atoms with E-state index in [0.717, 1.165) is 34.3 Å². The number of nitrogens with one attached hydrogen (secondary N) is 2. The Hall–Kier alpha value is -0.870. The summed E-state index contributed by atoms with van der Waals surface area (Å²) in [7, 11) is 0. The van der Waals surface area contributed by atoms with E-state index in [1.807, 2.05) is 26.0 Å². The highest BCUT2D eigenvalue weighted by molar-refractivity contribution is 9.10. The van der Waals surface area contributed by atoms with E-state index in [-0.39, 0.29) is 5.91 Å². The lowest BCUT2D eigenvalue weighted by Crippen LogP contribution is -2.28. The van der Waals surface area contributed by atoms with Gasteiger partial charge in [-0.3, -0.25) is 4.79 Å². The van der Waals surface area contributed by atoms with Gasteiger partial charge in [-0.2, -0.15) is 0 Å². The Bertz CT molecular complexity index is 381. The monoisotopic (exact) mass is 298 g/mol. The van der Waals surface area contributed by atoms with Gasteiger partial charge in [0.15, 0.2) is 0 Å². The molecule has 1 aromatic carbocycles. The highest BCUT2D eigenvalue weighted by Crippen LogP contribution is 2.24. The maximum absolute atomic E-state index is 11.6. The third-order valence-corrected chi connectivity index (χ3v) is 3.68. The van der Waals surface area contributed by atoms with Crippen molar-refractivity contribution in [3.05, 3.63) is 27.7 Å². The standard InChI is InChI=1S/C13H19BrN2O/c1-4-5-15-8-12(17)16-11-6-9(2)13(14)10(3)7-11/h6-7,15H,4-5,8H2,1-3H3,(H,16,17). The van der Waals surface area contributed by atoms with Crippen LogP contribution in [0.2, 0.25) is 0 Å². The molecule has 3 nitrogen and oxygen atoms in total. The fraction of sp³-hybridized carbons (Fsp3) is 0.462. The van der Waals surface area contributed by atoms with Gasteiger partial charge in [-0.05, 0) is 50.1 Å². The van der Waals surface area contributed by atoms with Gasteiger partial charge in [0.05, 0.1) is 6.54 Å². The summed E-state index contributed by atoms with van der Waals surface area (Å²) in [6, 6.07) is 3.93. The minimum absolute atomic E-state index is 0.000396. The number of carbonyl (C=O) groups excluding carboxylic acids is 1. The molecule has 0 atom stereocenters. The molecule has 0 aliphatic heterocycles. The van der Waals surface area contributed by atoms with Crippen LogP contribution in [0.5, 0.6) is 0 Å². The van der Waals surface area contributed by atoms with Crippen LogP contribution >= 0.6 is 15.9 Å². The predicted molar refractivity (Wildman–Crippen MR) is 75.4 cm³/mol. The molecular weight excluding hydrogens is 280 g/mol. The topological polar surface area (TPSA) is 41.1 Å². The van der Waals surface area contributed by atoms with Crippen molar-refractivity contribution in [1.82, 2.24) is 5.32 Å². The maximum Gasteiger partial charge on any atom is 0.238 e. The number of amides is 1. The molecule has 1 rings (SSSR count). The van der Waals surface area contributed by atoms with Crippen LogP contribution in [0, 0.1) is 13.8 Å². The summed E-state index contributed by atoms with van der Waals surface area (Å²) in [5, 5.41) is 5.96. The van der Waals surface area contributed by atoms with Crippen LogP contribution in [0.15, 0.2) is 16.6 Å². The normalized spacial score (nSPS) is 10.4. The summed E-state index contributed by atoms with van der Waals surface area (Å²) >= 11 is 3.51. The van der Waals surface area contributed by atoms with Crippen molar-refractivity contribution in [3.63, 3.8) is 0 Å². The molecule has 0 aliphatic rings. The van der Waals surface area contributed by atoms with Crippen molar-refractivity contribution in [2.45, 2.75) is 27.2 Å². The number of halogens is 1. The smallest absolute Gasteiger partial charge is 0.238 e. The number of benzene rings is 1. The molecule has 0 bridgehead atoms. The Morgan fingerprint density at radius 1 is 1.29 bits per heavy atom. The van der Waals surface area contributed by atoms with Crippen LogP contribution in [0.1, 0.15) is 24.5 Å². The second-order valence-corrected chi connectivity index (χ2v) is 4.94. The molecule has 0 aromatic heterocycles. The number of anilines is 1. The van der Waals surface area contributed by atoms with Gasteiger partial charge < -0.3 is 10.6 Å². The third-order valence-electron chi connectivity index (χ3n) is 2.43. The van der Waals surface area contributed by atoms with Gasteiger partial charge in [-0.25, -0.2) is 0 Å². The molecule has 0 unspecified atom stereocenters. The Morgan fingerprint density at radius 2 is 1.88 bits per heavy atom. The van der Waals surface area contributed by atoms with Gasteiger partial charge >= 0.3 is 0 Å². The summed E-state index contributed by atoms with van der Waals surface area (Å²) in [6.07, 6.45) is 1.03. The second kappa shape index (κ2) is 6.77. The number of aryl methyl sites for hydroxylation is 2. The lowest BCUT2D eigenvalue weighted by atomic mass is 10.1. The van der Waals surface area contributed by atoms with Crippen molar-refractivity contribution in [2.24, 2.45) is 0 Å². The van der Waals surface area contributed by atoms with Crippen molar-refractivity contribution in [3.8, 4) is 0 Å². The molecule has 0 saturated carbocycles. The zero-order valence-corrected chi connectivity index (χ0v) is 12.1. The average Bonchev–Trinajstić information content (AvgIpc) is 2.26. The number of hydrogen-bond donors (Lipinski definition) is 2. The lowest BCUT2D eigenvalue weighted by molar-refractivity contribution is -0.115. The second-order valence-electron chi connectivity index (χ2n) is 4.15. The van der Waals surface area contributed by atoms with Gasteiger partial charge in [0.1, 0.15) is 0 Å². The van der Waals surface area contributed by atoms with E-state index in [2.05, 4.69) is 33.5 Å². The molecule has 0 aliphatic carbocycles. The molecule has 0 saturated heterocycles. The highest BCUT2D eigenvalue weighted by atomic mass is 79.9. The first-order valence-electron chi connectivity index (χ1n) is 5.82. The van der Waals surface area contributed by atoms with Crippen LogP contribution < -0.4 is 10.6 Å². The minimum Gasteiger partial charge on any atom is -0.325 e. The van der Waals surface area contributed by atoms with Gasteiger partial charge in [0, 0.05) is 10.2 Å². The van der Waals surface area contributed by atoms with Gasteiger partial charge in [-0.15, -0.1) is 0 Å². The molecule has 17 heavy (non-hydrogen) atoms. The molecule has 1 aromatic rings. The Kier molecular flexibility index (Phi) is 5.65. The van der Waals surface area contributed by atoms with E-state index in [1.54, 1.807) is 0 Å². The Balaban J connectivity index is 2.60. The van der Waals surface area contributed by atoms with E-state index < -0.39 is 0 Å². The van der Waals surface area contributed by atoms with Crippen LogP contribution in [-0.4, -0.2) is 19.0 Å². The van der Waals surface area contributed by atoms with Crippen molar-refractivity contribution >= 4 is 27.5 Å². The third kappa shape index (κ3) is 4.48. The molecule has 2 N–H and O–H groups in total. The molecular formula is C13H19BrN2O. The van der Waals surface area contributed by atoms with E-state index in [1.165, 1.54) is 0 Å². The first-order valence-corrected chi connectivity index (χ1v) is 6.61. The highest BCUT2D eigenvalue weighted by Gasteiger charge is 2.05. The van der Waals surface area contributed by atoms with Gasteiger partial charge in [0.2, 0.25) is 5.91 Å². The first kappa shape index (κ1) is 14.2. The summed E-state index contributed by atoms with van der Waals surface area (Å²) < 4.78 is 1.10. The molecule has 0 fully saturated rings. The van der Waals surface area contributed by atoms with E-state index in [0.29, 0.717) is 6.54 Å². The Morgan fingerprint density at radius 3 is 2.41 bits per heavy atom. The zero-order valence-electron chi connectivity index (χ0n) is 10.6.